The van der Waals surface area contributed by atoms with Crippen molar-refractivity contribution in [2.24, 2.45) is 0 Å². The lowest BCUT2D eigenvalue weighted by molar-refractivity contribution is 0.370. The van der Waals surface area contributed by atoms with Gasteiger partial charge in [0.2, 0.25) is 0 Å². The smallest absolute Gasteiger partial charge is 0.100 e. The van der Waals surface area contributed by atoms with Crippen LogP contribution in [-0.4, -0.2) is 12.6 Å². The monoisotopic (exact) mass is 239 g/mol. The minimum absolute atomic E-state index is 0.188. The first kappa shape index (κ1) is 13.1. The average molecular weight is 239 g/mol. The summed E-state index contributed by atoms with van der Waals surface area (Å²) in [7, 11) is 0. The second-order valence-electron chi connectivity index (χ2n) is 5.61. The molecular formula is C15H26FN. The van der Waals surface area contributed by atoms with E-state index in [1.165, 1.54) is 51.4 Å². The molecule has 2 fully saturated rings. The van der Waals surface area contributed by atoms with Crippen molar-refractivity contribution in [3.8, 4) is 0 Å². The number of halogens is 1. The molecule has 2 aliphatic rings. The van der Waals surface area contributed by atoms with E-state index >= 15 is 0 Å². The number of allylic oxidation sites excluding steroid dienone is 1. The van der Waals surface area contributed by atoms with Crippen LogP contribution in [0.2, 0.25) is 0 Å². The minimum atomic E-state index is 0.188. The maximum Gasteiger partial charge on any atom is 0.100 e. The fourth-order valence-electron chi connectivity index (χ4n) is 3.12. The van der Waals surface area contributed by atoms with Gasteiger partial charge in [-0.2, -0.15) is 0 Å². The van der Waals surface area contributed by atoms with E-state index in [9.17, 15) is 4.39 Å². The summed E-state index contributed by atoms with van der Waals surface area (Å²) in [6.45, 7) is 0.833. The van der Waals surface area contributed by atoms with Crippen LogP contribution in [-0.2, 0) is 0 Å². The molecule has 1 N–H and O–H groups in total. The van der Waals surface area contributed by atoms with Crippen molar-refractivity contribution in [2.75, 3.05) is 6.54 Å². The van der Waals surface area contributed by atoms with Gasteiger partial charge in [-0.3, -0.25) is 0 Å². The van der Waals surface area contributed by atoms with Crippen LogP contribution in [0.4, 0.5) is 4.39 Å². The van der Waals surface area contributed by atoms with Crippen molar-refractivity contribution in [3.63, 3.8) is 0 Å². The summed E-state index contributed by atoms with van der Waals surface area (Å²) in [5.41, 5.74) is 1.11. The summed E-state index contributed by atoms with van der Waals surface area (Å²) in [5, 5.41) is 3.52. The summed E-state index contributed by atoms with van der Waals surface area (Å²) < 4.78 is 13.9. The molecule has 0 atom stereocenters. The van der Waals surface area contributed by atoms with E-state index in [0.29, 0.717) is 12.5 Å². The first-order valence-corrected chi connectivity index (χ1v) is 7.46. The Morgan fingerprint density at radius 2 is 1.65 bits per heavy atom. The highest BCUT2D eigenvalue weighted by Crippen LogP contribution is 2.27. The van der Waals surface area contributed by atoms with Crippen LogP contribution < -0.4 is 5.32 Å². The highest BCUT2D eigenvalue weighted by Gasteiger charge is 2.14. The van der Waals surface area contributed by atoms with Gasteiger partial charge < -0.3 is 5.32 Å². The van der Waals surface area contributed by atoms with Crippen LogP contribution in [0.15, 0.2) is 11.4 Å². The predicted molar refractivity (Wildman–Crippen MR) is 70.7 cm³/mol. The van der Waals surface area contributed by atoms with Crippen molar-refractivity contribution in [3.05, 3.63) is 11.4 Å². The molecule has 0 bridgehead atoms. The standard InChI is InChI=1S/C15H26FN/c16-15(13-7-3-1-4-8-13)11-12-17-14-9-5-2-6-10-14/h14,17H,1-12H2. The zero-order chi connectivity index (χ0) is 11.9. The molecule has 98 valence electrons. The van der Waals surface area contributed by atoms with Crippen LogP contribution in [0.25, 0.3) is 0 Å². The summed E-state index contributed by atoms with van der Waals surface area (Å²) >= 11 is 0. The number of hydrogen-bond donors (Lipinski definition) is 1. The summed E-state index contributed by atoms with van der Waals surface area (Å²) in [6.07, 6.45) is 13.0. The van der Waals surface area contributed by atoms with Crippen LogP contribution >= 0.6 is 0 Å². The Morgan fingerprint density at radius 3 is 2.35 bits per heavy atom. The van der Waals surface area contributed by atoms with Crippen molar-refractivity contribution < 1.29 is 4.39 Å². The van der Waals surface area contributed by atoms with Crippen molar-refractivity contribution in [1.29, 1.82) is 0 Å². The molecule has 2 heteroatoms. The highest BCUT2D eigenvalue weighted by atomic mass is 19.1. The van der Waals surface area contributed by atoms with E-state index < -0.39 is 0 Å². The molecule has 0 aromatic rings. The Kier molecular flexibility index (Phi) is 5.50. The summed E-state index contributed by atoms with van der Waals surface area (Å²) in [4.78, 5) is 0. The third-order valence-corrected chi connectivity index (χ3v) is 4.22. The first-order valence-electron chi connectivity index (χ1n) is 7.46. The number of nitrogens with one attached hydrogen (secondary N) is 1. The third-order valence-electron chi connectivity index (χ3n) is 4.22. The lowest BCUT2D eigenvalue weighted by Crippen LogP contribution is -2.31. The lowest BCUT2D eigenvalue weighted by Gasteiger charge is -2.23. The SMILES string of the molecule is FC(CCNC1CCCCC1)=C1CCCCC1. The molecule has 0 heterocycles. The zero-order valence-corrected chi connectivity index (χ0v) is 10.9. The molecular weight excluding hydrogens is 213 g/mol. The Balaban J connectivity index is 1.66. The Hall–Kier alpha value is -0.370. The molecule has 0 amide bonds. The molecule has 0 unspecified atom stereocenters. The Labute approximate surface area is 105 Å². The topological polar surface area (TPSA) is 12.0 Å². The molecule has 0 radical (unpaired) electrons. The van der Waals surface area contributed by atoms with Gasteiger partial charge in [-0.1, -0.05) is 25.7 Å². The van der Waals surface area contributed by atoms with E-state index in [1.54, 1.807) is 0 Å². The molecule has 0 aromatic carbocycles. The van der Waals surface area contributed by atoms with Gasteiger partial charge in [0.15, 0.2) is 0 Å². The molecule has 0 aliphatic heterocycles. The Bertz CT molecular complexity index is 246. The maximum absolute atomic E-state index is 13.9. The van der Waals surface area contributed by atoms with E-state index in [4.69, 9.17) is 0 Å². The second-order valence-corrected chi connectivity index (χ2v) is 5.61. The normalized spacial score (nSPS) is 22.8. The molecule has 1 nitrogen and oxygen atoms in total. The number of hydrogen-bond acceptors (Lipinski definition) is 1. The largest absolute Gasteiger partial charge is 0.314 e. The van der Waals surface area contributed by atoms with E-state index in [2.05, 4.69) is 5.32 Å². The number of rotatable bonds is 4. The van der Waals surface area contributed by atoms with Gasteiger partial charge in [0.1, 0.15) is 5.83 Å². The van der Waals surface area contributed by atoms with Gasteiger partial charge in [-0.25, -0.2) is 4.39 Å². The maximum atomic E-state index is 13.9. The molecule has 2 rings (SSSR count). The predicted octanol–water partition coefficient (Wildman–Crippen LogP) is 4.49. The van der Waals surface area contributed by atoms with Gasteiger partial charge in [-0.15, -0.1) is 0 Å². The van der Waals surface area contributed by atoms with Crippen molar-refractivity contribution in [1.82, 2.24) is 5.32 Å². The van der Waals surface area contributed by atoms with Gasteiger partial charge in [-0.05, 0) is 44.1 Å². The molecule has 0 saturated heterocycles. The quantitative estimate of drug-likeness (QED) is 0.762. The van der Waals surface area contributed by atoms with Crippen LogP contribution in [0.3, 0.4) is 0 Å². The summed E-state index contributed by atoms with van der Waals surface area (Å²) in [5.74, 6) is 0.188. The van der Waals surface area contributed by atoms with Crippen LogP contribution in [0.1, 0.15) is 70.6 Å². The highest BCUT2D eigenvalue weighted by molar-refractivity contribution is 5.10. The minimum Gasteiger partial charge on any atom is -0.314 e. The van der Waals surface area contributed by atoms with Crippen LogP contribution in [0, 0.1) is 0 Å². The van der Waals surface area contributed by atoms with E-state index in [-0.39, 0.29) is 5.83 Å². The molecule has 2 aliphatic carbocycles. The van der Waals surface area contributed by atoms with Gasteiger partial charge >= 0.3 is 0 Å². The van der Waals surface area contributed by atoms with Crippen molar-refractivity contribution in [2.45, 2.75) is 76.7 Å². The lowest BCUT2D eigenvalue weighted by atomic mass is 9.93. The molecule has 0 spiro atoms. The third kappa shape index (κ3) is 4.42. The van der Waals surface area contributed by atoms with Gasteiger partial charge in [0.25, 0.3) is 0 Å². The zero-order valence-electron chi connectivity index (χ0n) is 10.9. The van der Waals surface area contributed by atoms with Crippen LogP contribution in [0.5, 0.6) is 0 Å². The van der Waals surface area contributed by atoms with E-state index in [1.807, 2.05) is 0 Å². The average Bonchev–Trinajstić information content (AvgIpc) is 2.41. The fraction of sp³-hybridized carbons (Fsp3) is 0.867. The van der Waals surface area contributed by atoms with Gasteiger partial charge in [0, 0.05) is 19.0 Å². The Morgan fingerprint density at radius 1 is 1.00 bits per heavy atom. The van der Waals surface area contributed by atoms with Crippen molar-refractivity contribution >= 4 is 0 Å². The summed E-state index contributed by atoms with van der Waals surface area (Å²) in [6, 6.07) is 0.660. The molecule has 17 heavy (non-hydrogen) atoms. The van der Waals surface area contributed by atoms with E-state index in [0.717, 1.165) is 25.0 Å². The molecule has 2 saturated carbocycles. The molecule has 0 aromatic heterocycles. The fourth-order valence-corrected chi connectivity index (χ4v) is 3.12. The van der Waals surface area contributed by atoms with Gasteiger partial charge in [0.05, 0.1) is 0 Å². The second kappa shape index (κ2) is 7.15. The first-order chi connectivity index (χ1) is 8.36.